The summed E-state index contributed by atoms with van der Waals surface area (Å²) in [7, 11) is -2.93. The SMILES string of the molecule is CCCS(=O)(=O)CCN1CC(CC)NCc2ccccc21. The number of rotatable bonds is 6. The monoisotopic (exact) mass is 310 g/mol. The Balaban J connectivity index is 2.15. The standard InChI is InChI=1S/C16H26N2O2S/c1-3-10-21(19,20)11-9-18-13-15(4-2)17-12-14-7-5-6-8-16(14)18/h5-8,15,17H,3-4,9-13H2,1-2H3. The van der Waals surface area contributed by atoms with Crippen LogP contribution in [0.5, 0.6) is 0 Å². The number of fused-ring (bicyclic) bond motifs is 1. The molecule has 2 rings (SSSR count). The number of sulfone groups is 1. The van der Waals surface area contributed by atoms with E-state index in [1.807, 2.05) is 19.1 Å². The minimum absolute atomic E-state index is 0.242. The van der Waals surface area contributed by atoms with E-state index in [9.17, 15) is 8.42 Å². The maximum atomic E-state index is 12.0. The Kier molecular flexibility index (Phi) is 5.65. The van der Waals surface area contributed by atoms with Crippen molar-refractivity contribution in [3.05, 3.63) is 29.8 Å². The van der Waals surface area contributed by atoms with Crippen LogP contribution in [0.25, 0.3) is 0 Å². The van der Waals surface area contributed by atoms with Crippen LogP contribution in [0.1, 0.15) is 32.3 Å². The van der Waals surface area contributed by atoms with Gasteiger partial charge >= 0.3 is 0 Å². The molecule has 0 aliphatic carbocycles. The Hall–Kier alpha value is -1.07. The van der Waals surface area contributed by atoms with Gasteiger partial charge in [-0.2, -0.15) is 0 Å². The first-order valence-corrected chi connectivity index (χ1v) is 9.64. The molecule has 5 heteroatoms. The average Bonchev–Trinajstić information content (AvgIpc) is 2.65. The van der Waals surface area contributed by atoms with Crippen molar-refractivity contribution < 1.29 is 8.42 Å². The molecule has 118 valence electrons. The van der Waals surface area contributed by atoms with Gasteiger partial charge in [0.1, 0.15) is 0 Å². The number of anilines is 1. The zero-order valence-corrected chi connectivity index (χ0v) is 13.8. The Labute approximate surface area is 128 Å². The highest BCUT2D eigenvalue weighted by Crippen LogP contribution is 2.23. The second-order valence-electron chi connectivity index (χ2n) is 5.71. The lowest BCUT2D eigenvalue weighted by Gasteiger charge is -2.27. The van der Waals surface area contributed by atoms with Gasteiger partial charge in [0.15, 0.2) is 9.84 Å². The van der Waals surface area contributed by atoms with Crippen LogP contribution >= 0.6 is 0 Å². The van der Waals surface area contributed by atoms with Gasteiger partial charge in [0.05, 0.1) is 5.75 Å². The lowest BCUT2D eigenvalue weighted by molar-refractivity contribution is 0.504. The molecule has 21 heavy (non-hydrogen) atoms. The smallest absolute Gasteiger partial charge is 0.152 e. The number of nitrogens with one attached hydrogen (secondary N) is 1. The van der Waals surface area contributed by atoms with Gasteiger partial charge in [0.2, 0.25) is 0 Å². The third kappa shape index (κ3) is 4.45. The van der Waals surface area contributed by atoms with Crippen LogP contribution in [0.4, 0.5) is 5.69 Å². The second-order valence-corrected chi connectivity index (χ2v) is 8.02. The molecule has 1 aliphatic heterocycles. The van der Waals surface area contributed by atoms with E-state index in [0.717, 1.165) is 19.5 Å². The van der Waals surface area contributed by atoms with Crippen molar-refractivity contribution in [2.45, 2.75) is 39.3 Å². The lowest BCUT2D eigenvalue weighted by atomic mass is 10.1. The van der Waals surface area contributed by atoms with Crippen molar-refractivity contribution in [2.24, 2.45) is 0 Å². The van der Waals surface area contributed by atoms with Crippen LogP contribution in [-0.4, -0.2) is 39.1 Å². The normalized spacial score (nSPS) is 19.1. The number of nitrogens with zero attached hydrogens (tertiary/aromatic N) is 1. The average molecular weight is 310 g/mol. The molecule has 1 aromatic carbocycles. The summed E-state index contributed by atoms with van der Waals surface area (Å²) < 4.78 is 24.0. The van der Waals surface area contributed by atoms with Gasteiger partial charge in [-0.15, -0.1) is 0 Å². The molecule has 0 saturated heterocycles. The van der Waals surface area contributed by atoms with Gasteiger partial charge < -0.3 is 10.2 Å². The Morgan fingerprint density at radius 3 is 2.71 bits per heavy atom. The van der Waals surface area contributed by atoms with E-state index in [4.69, 9.17) is 0 Å². The topological polar surface area (TPSA) is 49.4 Å². The zero-order valence-electron chi connectivity index (χ0n) is 13.0. The molecule has 0 fully saturated rings. The van der Waals surface area contributed by atoms with Crippen LogP contribution in [0.15, 0.2) is 24.3 Å². The van der Waals surface area contributed by atoms with E-state index >= 15 is 0 Å². The van der Waals surface area contributed by atoms with Crippen molar-refractivity contribution in [1.82, 2.24) is 5.32 Å². The van der Waals surface area contributed by atoms with Crippen LogP contribution < -0.4 is 10.2 Å². The fraction of sp³-hybridized carbons (Fsp3) is 0.625. The summed E-state index contributed by atoms with van der Waals surface area (Å²) in [5.41, 5.74) is 2.42. The third-order valence-electron chi connectivity index (χ3n) is 4.03. The molecule has 0 saturated carbocycles. The first-order chi connectivity index (χ1) is 10.1. The molecule has 1 heterocycles. The Bertz CT molecular complexity index is 557. The van der Waals surface area contributed by atoms with E-state index < -0.39 is 9.84 Å². The highest BCUT2D eigenvalue weighted by atomic mass is 32.2. The van der Waals surface area contributed by atoms with Crippen LogP contribution in [0.3, 0.4) is 0 Å². The van der Waals surface area contributed by atoms with E-state index in [-0.39, 0.29) is 11.5 Å². The molecule has 1 atom stereocenters. The molecule has 1 N–H and O–H groups in total. The first-order valence-electron chi connectivity index (χ1n) is 7.82. The van der Waals surface area contributed by atoms with Crippen LogP contribution in [0, 0.1) is 0 Å². The van der Waals surface area contributed by atoms with Crippen LogP contribution in [-0.2, 0) is 16.4 Å². The van der Waals surface area contributed by atoms with Crippen molar-refractivity contribution in [3.8, 4) is 0 Å². The van der Waals surface area contributed by atoms with Gasteiger partial charge in [0.25, 0.3) is 0 Å². The van der Waals surface area contributed by atoms with Crippen molar-refractivity contribution in [2.75, 3.05) is 29.5 Å². The van der Waals surface area contributed by atoms with Crippen LogP contribution in [0.2, 0.25) is 0 Å². The molecule has 0 spiro atoms. The molecule has 1 unspecified atom stereocenters. The van der Waals surface area contributed by atoms with Gasteiger partial charge in [-0.05, 0) is 24.5 Å². The minimum atomic E-state index is -2.93. The molecule has 1 aliphatic rings. The molecule has 0 bridgehead atoms. The number of hydrogen-bond acceptors (Lipinski definition) is 4. The maximum Gasteiger partial charge on any atom is 0.152 e. The van der Waals surface area contributed by atoms with E-state index in [2.05, 4.69) is 29.3 Å². The van der Waals surface area contributed by atoms with E-state index in [1.165, 1.54) is 11.3 Å². The van der Waals surface area contributed by atoms with Gasteiger partial charge in [-0.3, -0.25) is 0 Å². The summed E-state index contributed by atoms with van der Waals surface area (Å²) in [6.45, 7) is 6.38. The van der Waals surface area contributed by atoms with Gasteiger partial charge in [0, 0.05) is 37.1 Å². The summed E-state index contributed by atoms with van der Waals surface area (Å²) in [6, 6.07) is 8.69. The largest absolute Gasteiger partial charge is 0.369 e. The summed E-state index contributed by atoms with van der Waals surface area (Å²) in [5.74, 6) is 0.531. The van der Waals surface area contributed by atoms with Crippen molar-refractivity contribution in [1.29, 1.82) is 0 Å². The fourth-order valence-electron chi connectivity index (χ4n) is 2.80. The van der Waals surface area contributed by atoms with Crippen molar-refractivity contribution >= 4 is 15.5 Å². The summed E-state index contributed by atoms with van der Waals surface area (Å²) in [6.07, 6.45) is 1.74. The Morgan fingerprint density at radius 1 is 1.24 bits per heavy atom. The molecule has 4 nitrogen and oxygen atoms in total. The minimum Gasteiger partial charge on any atom is -0.369 e. The molecule has 0 amide bonds. The highest BCUT2D eigenvalue weighted by Gasteiger charge is 2.21. The fourth-order valence-corrected chi connectivity index (χ4v) is 4.12. The number of benzene rings is 1. The number of hydrogen-bond donors (Lipinski definition) is 1. The summed E-state index contributed by atoms with van der Waals surface area (Å²) in [4.78, 5) is 2.23. The first kappa shape index (κ1) is 16.3. The second kappa shape index (κ2) is 7.27. The molecular weight excluding hydrogens is 284 g/mol. The maximum absolute atomic E-state index is 12.0. The predicted octanol–water partition coefficient (Wildman–Crippen LogP) is 2.20. The predicted molar refractivity (Wildman–Crippen MR) is 88.5 cm³/mol. The van der Waals surface area contributed by atoms with Crippen molar-refractivity contribution in [3.63, 3.8) is 0 Å². The van der Waals surface area contributed by atoms with Gasteiger partial charge in [-0.25, -0.2) is 8.42 Å². The summed E-state index contributed by atoms with van der Waals surface area (Å²) >= 11 is 0. The van der Waals surface area contributed by atoms with E-state index in [0.29, 0.717) is 19.0 Å². The molecule has 0 aromatic heterocycles. The molecule has 0 radical (unpaired) electrons. The highest BCUT2D eigenvalue weighted by molar-refractivity contribution is 7.91. The molecule has 1 aromatic rings. The summed E-state index contributed by atoms with van der Waals surface area (Å²) in [5, 5.41) is 3.55. The third-order valence-corrected chi connectivity index (χ3v) is 5.87. The van der Waals surface area contributed by atoms with Gasteiger partial charge in [-0.1, -0.05) is 32.0 Å². The zero-order chi connectivity index (χ0) is 15.3. The lowest BCUT2D eigenvalue weighted by Crippen LogP contribution is -2.40. The van der Waals surface area contributed by atoms with E-state index in [1.54, 1.807) is 0 Å². The quantitative estimate of drug-likeness (QED) is 0.875. The number of para-hydroxylation sites is 1. The molecular formula is C16H26N2O2S. The Morgan fingerprint density at radius 2 is 2.00 bits per heavy atom.